The van der Waals surface area contributed by atoms with Crippen molar-refractivity contribution in [3.8, 4) is 0 Å². The molecule has 7 heteroatoms. The van der Waals surface area contributed by atoms with E-state index in [2.05, 4.69) is 15.3 Å². The Kier molecular flexibility index (Phi) is 5.68. The minimum absolute atomic E-state index is 0.0246. The first-order valence-corrected chi connectivity index (χ1v) is 9.79. The van der Waals surface area contributed by atoms with Crippen LogP contribution in [0.5, 0.6) is 0 Å². The highest BCUT2D eigenvalue weighted by molar-refractivity contribution is 6.12. The summed E-state index contributed by atoms with van der Waals surface area (Å²) >= 11 is 0. The Labute approximate surface area is 168 Å². The lowest BCUT2D eigenvalue weighted by molar-refractivity contribution is 0.102. The van der Waals surface area contributed by atoms with Gasteiger partial charge in [0.05, 0.1) is 10.9 Å². The van der Waals surface area contributed by atoms with Gasteiger partial charge < -0.3 is 5.32 Å². The number of amides is 1. The van der Waals surface area contributed by atoms with Crippen LogP contribution in [0.15, 0.2) is 33.9 Å². The molecule has 0 aliphatic carbocycles. The van der Waals surface area contributed by atoms with Gasteiger partial charge in [0.25, 0.3) is 11.5 Å². The molecule has 3 rings (SSSR count). The standard InChI is InChI=1S/C22H26N4O3/c1-6-9-26-19-18(21(28)25-22(26)29)15(11-17(23-19)12(2)3)20(27)24-16-8-7-13(4)10-14(16)5/h7-8,10-12H,6,9H2,1-5H3,(H,24,27)(H,25,28,29). The number of fused-ring (bicyclic) bond motifs is 1. The van der Waals surface area contributed by atoms with Crippen LogP contribution < -0.4 is 16.6 Å². The third kappa shape index (κ3) is 3.99. The molecule has 0 spiro atoms. The summed E-state index contributed by atoms with van der Waals surface area (Å²) in [5, 5.41) is 3.03. The number of aryl methyl sites for hydroxylation is 3. The van der Waals surface area contributed by atoms with Gasteiger partial charge in [0.2, 0.25) is 0 Å². The zero-order chi connectivity index (χ0) is 21.3. The number of aromatic nitrogens is 3. The predicted octanol–water partition coefficient (Wildman–Crippen LogP) is 3.49. The van der Waals surface area contributed by atoms with Crippen LogP contribution in [0, 0.1) is 13.8 Å². The summed E-state index contributed by atoms with van der Waals surface area (Å²) in [4.78, 5) is 45.0. The van der Waals surface area contributed by atoms with Crippen molar-refractivity contribution in [3.05, 3.63) is 67.5 Å². The number of nitrogens with zero attached hydrogens (tertiary/aromatic N) is 2. The Morgan fingerprint density at radius 3 is 2.55 bits per heavy atom. The molecule has 152 valence electrons. The molecule has 2 aromatic heterocycles. The van der Waals surface area contributed by atoms with E-state index >= 15 is 0 Å². The fraction of sp³-hybridized carbons (Fsp3) is 0.364. The number of pyridine rings is 1. The van der Waals surface area contributed by atoms with E-state index in [1.807, 2.05) is 52.8 Å². The normalized spacial score (nSPS) is 11.2. The molecule has 2 heterocycles. The summed E-state index contributed by atoms with van der Waals surface area (Å²) in [6.45, 7) is 10.1. The van der Waals surface area contributed by atoms with E-state index < -0.39 is 17.2 Å². The van der Waals surface area contributed by atoms with Gasteiger partial charge in [0.15, 0.2) is 5.65 Å². The van der Waals surface area contributed by atoms with Crippen molar-refractivity contribution in [3.63, 3.8) is 0 Å². The monoisotopic (exact) mass is 394 g/mol. The van der Waals surface area contributed by atoms with Crippen LogP contribution in [-0.4, -0.2) is 20.4 Å². The van der Waals surface area contributed by atoms with Crippen molar-refractivity contribution in [2.45, 2.75) is 53.5 Å². The van der Waals surface area contributed by atoms with Crippen LogP contribution in [0.25, 0.3) is 11.0 Å². The van der Waals surface area contributed by atoms with Crippen molar-refractivity contribution in [2.24, 2.45) is 0 Å². The van der Waals surface area contributed by atoms with Gasteiger partial charge in [-0.15, -0.1) is 0 Å². The number of hydrogen-bond donors (Lipinski definition) is 2. The van der Waals surface area contributed by atoms with Crippen LogP contribution in [0.3, 0.4) is 0 Å². The number of aromatic amines is 1. The van der Waals surface area contributed by atoms with Gasteiger partial charge in [-0.2, -0.15) is 0 Å². The Balaban J connectivity index is 2.25. The maximum absolute atomic E-state index is 13.2. The molecule has 0 bridgehead atoms. The average molecular weight is 394 g/mol. The molecule has 2 N–H and O–H groups in total. The largest absolute Gasteiger partial charge is 0.329 e. The first-order valence-electron chi connectivity index (χ1n) is 9.79. The number of H-pyrrole nitrogens is 1. The zero-order valence-electron chi connectivity index (χ0n) is 17.4. The minimum atomic E-state index is -0.606. The molecule has 7 nitrogen and oxygen atoms in total. The smallest absolute Gasteiger partial charge is 0.322 e. The second-order valence-electron chi connectivity index (χ2n) is 7.63. The molecule has 0 aliphatic rings. The van der Waals surface area contributed by atoms with Gasteiger partial charge in [-0.3, -0.25) is 19.1 Å². The van der Waals surface area contributed by atoms with E-state index in [0.717, 1.165) is 11.1 Å². The quantitative estimate of drug-likeness (QED) is 0.692. The fourth-order valence-corrected chi connectivity index (χ4v) is 3.34. The van der Waals surface area contributed by atoms with Gasteiger partial charge in [-0.05, 0) is 43.9 Å². The number of nitrogens with one attached hydrogen (secondary N) is 2. The van der Waals surface area contributed by atoms with Crippen molar-refractivity contribution < 1.29 is 4.79 Å². The second-order valence-corrected chi connectivity index (χ2v) is 7.63. The highest BCUT2D eigenvalue weighted by Gasteiger charge is 2.20. The number of benzene rings is 1. The number of carbonyl (C=O) groups is 1. The van der Waals surface area contributed by atoms with E-state index in [1.54, 1.807) is 6.07 Å². The van der Waals surface area contributed by atoms with E-state index in [-0.39, 0.29) is 22.5 Å². The first-order chi connectivity index (χ1) is 13.7. The SMILES string of the molecule is CCCn1c(=O)[nH]c(=O)c2c(C(=O)Nc3ccc(C)cc3C)cc(C(C)C)nc21. The fourth-order valence-electron chi connectivity index (χ4n) is 3.34. The number of rotatable bonds is 5. The molecule has 29 heavy (non-hydrogen) atoms. The van der Waals surface area contributed by atoms with Gasteiger partial charge in [-0.25, -0.2) is 9.78 Å². The van der Waals surface area contributed by atoms with Crippen LogP contribution in [0.4, 0.5) is 5.69 Å². The molecule has 0 saturated heterocycles. The van der Waals surface area contributed by atoms with Crippen LogP contribution in [0.2, 0.25) is 0 Å². The molecule has 1 aromatic carbocycles. The molecular weight excluding hydrogens is 368 g/mol. The minimum Gasteiger partial charge on any atom is -0.322 e. The predicted molar refractivity (Wildman–Crippen MR) is 115 cm³/mol. The summed E-state index contributed by atoms with van der Waals surface area (Å²) in [6, 6.07) is 7.37. The maximum atomic E-state index is 13.2. The van der Waals surface area contributed by atoms with Gasteiger partial charge in [-0.1, -0.05) is 38.5 Å². The first kappa shape index (κ1) is 20.5. The Bertz CT molecular complexity index is 1210. The summed E-state index contributed by atoms with van der Waals surface area (Å²) in [5.41, 5.74) is 2.69. The van der Waals surface area contributed by atoms with Crippen LogP contribution >= 0.6 is 0 Å². The highest BCUT2D eigenvalue weighted by Crippen LogP contribution is 2.22. The maximum Gasteiger partial charge on any atom is 0.329 e. The van der Waals surface area contributed by atoms with E-state index in [0.29, 0.717) is 24.3 Å². The van der Waals surface area contributed by atoms with Crippen LogP contribution in [-0.2, 0) is 6.54 Å². The average Bonchev–Trinajstić information content (AvgIpc) is 2.66. The Morgan fingerprint density at radius 2 is 1.93 bits per heavy atom. The number of hydrogen-bond acceptors (Lipinski definition) is 4. The van der Waals surface area contributed by atoms with Crippen molar-refractivity contribution in [1.29, 1.82) is 0 Å². The summed E-state index contributed by atoms with van der Waals surface area (Å²) in [5.74, 6) is -0.380. The van der Waals surface area contributed by atoms with E-state index in [4.69, 9.17) is 0 Å². The topological polar surface area (TPSA) is 96.9 Å². The molecular formula is C22H26N4O3. The third-order valence-corrected chi connectivity index (χ3v) is 4.88. The van der Waals surface area contributed by atoms with Crippen molar-refractivity contribution in [1.82, 2.24) is 14.5 Å². The second kappa shape index (κ2) is 8.03. The van der Waals surface area contributed by atoms with Crippen molar-refractivity contribution >= 4 is 22.6 Å². The zero-order valence-corrected chi connectivity index (χ0v) is 17.4. The molecule has 0 atom stereocenters. The molecule has 0 fully saturated rings. The molecule has 1 amide bonds. The highest BCUT2D eigenvalue weighted by atomic mass is 16.2. The number of carbonyl (C=O) groups excluding carboxylic acids is 1. The van der Waals surface area contributed by atoms with E-state index in [9.17, 15) is 14.4 Å². The van der Waals surface area contributed by atoms with Gasteiger partial charge in [0, 0.05) is 17.9 Å². The van der Waals surface area contributed by atoms with Gasteiger partial charge in [0.1, 0.15) is 0 Å². The third-order valence-electron chi connectivity index (χ3n) is 4.88. The molecule has 0 saturated carbocycles. The lowest BCUT2D eigenvalue weighted by Crippen LogP contribution is -2.32. The van der Waals surface area contributed by atoms with Crippen LogP contribution in [0.1, 0.15) is 60.3 Å². The van der Waals surface area contributed by atoms with E-state index in [1.165, 1.54) is 4.57 Å². The summed E-state index contributed by atoms with van der Waals surface area (Å²) in [7, 11) is 0. The lowest BCUT2D eigenvalue weighted by atomic mass is 10.0. The molecule has 0 unspecified atom stereocenters. The van der Waals surface area contributed by atoms with Crippen molar-refractivity contribution in [2.75, 3.05) is 5.32 Å². The van der Waals surface area contributed by atoms with Gasteiger partial charge >= 0.3 is 5.69 Å². The summed E-state index contributed by atoms with van der Waals surface area (Å²) < 4.78 is 1.43. The molecule has 3 aromatic rings. The Morgan fingerprint density at radius 1 is 1.21 bits per heavy atom. The molecule has 0 radical (unpaired) electrons. The Hall–Kier alpha value is -3.22. The number of anilines is 1. The molecule has 0 aliphatic heterocycles. The lowest BCUT2D eigenvalue weighted by Gasteiger charge is -2.15. The summed E-state index contributed by atoms with van der Waals surface area (Å²) in [6.07, 6.45) is 0.693.